The summed E-state index contributed by atoms with van der Waals surface area (Å²) < 4.78 is 0. The monoisotopic (exact) mass is 508 g/mol. The standard InChI is InChI=1S/C28H36N4O5/c1-18-8-7-9-20(16-18)31-27(37)30-17-23(33)32(25(26(35)36)28(2,3)4)22-11-6-5-10-21(22)24(34)19-12-14-29-15-13-19/h5-11,16,19,25,29H,12-15,17H2,1-4H3,(H,35,36)(H2,30,31,37). The number of aliphatic carboxylic acids is 1. The maximum absolute atomic E-state index is 13.6. The highest BCUT2D eigenvalue weighted by Gasteiger charge is 2.41. The average Bonchev–Trinajstić information content (AvgIpc) is 2.85. The third-order valence-electron chi connectivity index (χ3n) is 6.40. The van der Waals surface area contributed by atoms with Crippen LogP contribution in [0.2, 0.25) is 0 Å². The fraction of sp³-hybridized carbons (Fsp3) is 0.429. The van der Waals surface area contributed by atoms with Crippen LogP contribution in [0.1, 0.15) is 49.5 Å². The van der Waals surface area contributed by atoms with Crippen molar-refractivity contribution in [2.45, 2.75) is 46.6 Å². The lowest BCUT2D eigenvalue weighted by Gasteiger charge is -2.38. The van der Waals surface area contributed by atoms with Gasteiger partial charge in [-0.15, -0.1) is 0 Å². The lowest BCUT2D eigenvalue weighted by atomic mass is 9.84. The van der Waals surface area contributed by atoms with Crippen molar-refractivity contribution in [1.29, 1.82) is 0 Å². The van der Waals surface area contributed by atoms with Gasteiger partial charge in [-0.3, -0.25) is 14.5 Å². The smallest absolute Gasteiger partial charge is 0.327 e. The number of carboxylic acids is 1. The zero-order chi connectivity index (χ0) is 27.2. The van der Waals surface area contributed by atoms with Crippen molar-refractivity contribution in [2.75, 3.05) is 29.9 Å². The number of nitrogens with zero attached hydrogens (tertiary/aromatic N) is 1. The van der Waals surface area contributed by atoms with Crippen LogP contribution >= 0.6 is 0 Å². The largest absolute Gasteiger partial charge is 0.480 e. The second-order valence-corrected chi connectivity index (χ2v) is 10.5. The van der Waals surface area contributed by atoms with Crippen molar-refractivity contribution in [3.05, 3.63) is 59.7 Å². The summed E-state index contributed by atoms with van der Waals surface area (Å²) in [6.45, 7) is 8.06. The Hall–Kier alpha value is -3.72. The van der Waals surface area contributed by atoms with Gasteiger partial charge >= 0.3 is 12.0 Å². The van der Waals surface area contributed by atoms with Gasteiger partial charge in [0.25, 0.3) is 0 Å². The summed E-state index contributed by atoms with van der Waals surface area (Å²) in [7, 11) is 0. The van der Waals surface area contributed by atoms with Crippen LogP contribution in [0, 0.1) is 18.3 Å². The Morgan fingerprint density at radius 2 is 1.73 bits per heavy atom. The van der Waals surface area contributed by atoms with E-state index in [0.717, 1.165) is 23.6 Å². The molecule has 3 rings (SSSR count). The number of urea groups is 1. The molecule has 3 amide bonds. The quantitative estimate of drug-likeness (QED) is 0.401. The van der Waals surface area contributed by atoms with Crippen molar-refractivity contribution < 1.29 is 24.3 Å². The lowest BCUT2D eigenvalue weighted by Crippen LogP contribution is -2.55. The highest BCUT2D eigenvalue weighted by atomic mass is 16.4. The molecule has 1 fully saturated rings. The van der Waals surface area contributed by atoms with Crippen LogP contribution in [0.4, 0.5) is 16.2 Å². The van der Waals surface area contributed by atoms with Crippen LogP contribution in [-0.4, -0.2) is 54.5 Å². The Labute approximate surface area is 217 Å². The SMILES string of the molecule is Cc1cccc(NC(=O)NCC(=O)N(c2ccccc2C(=O)C2CCNCC2)C(C(=O)O)C(C)(C)C)c1. The van der Waals surface area contributed by atoms with Crippen molar-refractivity contribution in [1.82, 2.24) is 10.6 Å². The summed E-state index contributed by atoms with van der Waals surface area (Å²) in [6, 6.07) is 12.0. The molecule has 1 aliphatic rings. The molecular formula is C28H36N4O5. The number of rotatable bonds is 8. The molecule has 0 bridgehead atoms. The molecule has 1 unspecified atom stereocenters. The van der Waals surface area contributed by atoms with Gasteiger partial charge in [0.2, 0.25) is 5.91 Å². The van der Waals surface area contributed by atoms with E-state index in [2.05, 4.69) is 16.0 Å². The van der Waals surface area contributed by atoms with E-state index in [4.69, 9.17) is 0 Å². The molecule has 1 aliphatic heterocycles. The number of anilines is 2. The first-order chi connectivity index (χ1) is 17.5. The molecule has 37 heavy (non-hydrogen) atoms. The first-order valence-corrected chi connectivity index (χ1v) is 12.5. The van der Waals surface area contributed by atoms with E-state index in [1.54, 1.807) is 63.2 Å². The van der Waals surface area contributed by atoms with Gasteiger partial charge in [0.1, 0.15) is 6.04 Å². The second-order valence-electron chi connectivity index (χ2n) is 10.5. The molecule has 2 aromatic carbocycles. The zero-order valence-corrected chi connectivity index (χ0v) is 21.8. The molecule has 0 radical (unpaired) electrons. The summed E-state index contributed by atoms with van der Waals surface area (Å²) in [5.41, 5.74) is 1.21. The van der Waals surface area contributed by atoms with Crippen molar-refractivity contribution in [3.8, 4) is 0 Å². The van der Waals surface area contributed by atoms with Gasteiger partial charge < -0.3 is 21.1 Å². The van der Waals surface area contributed by atoms with Crippen LogP contribution in [-0.2, 0) is 9.59 Å². The number of para-hydroxylation sites is 1. The molecule has 198 valence electrons. The van der Waals surface area contributed by atoms with E-state index in [-0.39, 0.29) is 17.4 Å². The van der Waals surface area contributed by atoms with Crippen LogP contribution in [0.15, 0.2) is 48.5 Å². The number of carbonyl (C=O) groups excluding carboxylic acids is 3. The van der Waals surface area contributed by atoms with Gasteiger partial charge in [0.05, 0.1) is 12.2 Å². The number of hydrogen-bond donors (Lipinski definition) is 4. The molecule has 0 saturated carbocycles. The summed E-state index contributed by atoms with van der Waals surface area (Å²) in [5.74, 6) is -2.16. The summed E-state index contributed by atoms with van der Waals surface area (Å²) in [5, 5.41) is 18.6. The number of carboxylic acid groups (broad SMARTS) is 1. The minimum Gasteiger partial charge on any atom is -0.480 e. The molecule has 0 spiro atoms. The number of hydrogen-bond acceptors (Lipinski definition) is 5. The first-order valence-electron chi connectivity index (χ1n) is 12.5. The number of piperidine rings is 1. The van der Waals surface area contributed by atoms with E-state index in [1.807, 2.05) is 13.0 Å². The van der Waals surface area contributed by atoms with Crippen LogP contribution < -0.4 is 20.9 Å². The van der Waals surface area contributed by atoms with E-state index < -0.39 is 35.9 Å². The Morgan fingerprint density at radius 3 is 2.35 bits per heavy atom. The Bertz CT molecular complexity index is 1150. The van der Waals surface area contributed by atoms with Gasteiger partial charge in [-0.2, -0.15) is 0 Å². The number of nitrogens with one attached hydrogen (secondary N) is 3. The number of carbonyl (C=O) groups is 4. The van der Waals surface area contributed by atoms with Gasteiger partial charge in [0.15, 0.2) is 5.78 Å². The molecular weight excluding hydrogens is 472 g/mol. The minimum atomic E-state index is -1.27. The molecule has 4 N–H and O–H groups in total. The number of ketones is 1. The van der Waals surface area contributed by atoms with Gasteiger partial charge in [-0.25, -0.2) is 9.59 Å². The first kappa shape index (κ1) is 27.9. The third kappa shape index (κ3) is 7.16. The molecule has 2 aromatic rings. The maximum atomic E-state index is 13.6. The van der Waals surface area contributed by atoms with Gasteiger partial charge in [-0.1, -0.05) is 45.0 Å². The summed E-state index contributed by atoms with van der Waals surface area (Å²) >= 11 is 0. The van der Waals surface area contributed by atoms with Crippen LogP contribution in [0.3, 0.4) is 0 Å². The van der Waals surface area contributed by atoms with Crippen molar-refractivity contribution in [2.24, 2.45) is 11.3 Å². The van der Waals surface area contributed by atoms with Crippen LogP contribution in [0.25, 0.3) is 0 Å². The Morgan fingerprint density at radius 1 is 1.05 bits per heavy atom. The van der Waals surface area contributed by atoms with Gasteiger partial charge in [0, 0.05) is 17.2 Å². The Kier molecular flexibility index (Phi) is 9.04. The normalized spacial score (nSPS) is 14.9. The molecule has 1 atom stereocenters. The highest BCUT2D eigenvalue weighted by molar-refractivity contribution is 6.09. The Balaban J connectivity index is 1.91. The third-order valence-corrected chi connectivity index (χ3v) is 6.40. The van der Waals surface area contributed by atoms with E-state index in [0.29, 0.717) is 24.1 Å². The number of Topliss-reactive ketones (excluding diaryl/α,β-unsaturated/α-hetero) is 1. The molecule has 1 saturated heterocycles. The van der Waals surface area contributed by atoms with E-state index in [1.165, 1.54) is 0 Å². The predicted molar refractivity (Wildman–Crippen MR) is 143 cm³/mol. The second kappa shape index (κ2) is 12.0. The molecule has 0 aromatic heterocycles. The maximum Gasteiger partial charge on any atom is 0.327 e. The van der Waals surface area contributed by atoms with Crippen molar-refractivity contribution >= 4 is 35.1 Å². The molecule has 0 aliphatic carbocycles. The zero-order valence-electron chi connectivity index (χ0n) is 21.8. The minimum absolute atomic E-state index is 0.113. The van der Waals surface area contributed by atoms with Crippen LogP contribution in [0.5, 0.6) is 0 Å². The van der Waals surface area contributed by atoms with Crippen molar-refractivity contribution in [3.63, 3.8) is 0 Å². The number of aryl methyl sites for hydroxylation is 1. The molecule has 9 nitrogen and oxygen atoms in total. The number of amides is 3. The average molecular weight is 509 g/mol. The summed E-state index contributed by atoms with van der Waals surface area (Å²) in [4.78, 5) is 53.2. The highest BCUT2D eigenvalue weighted by Crippen LogP contribution is 2.33. The fourth-order valence-electron chi connectivity index (χ4n) is 4.62. The van der Waals surface area contributed by atoms with Gasteiger partial charge in [-0.05, 0) is 68.1 Å². The topological polar surface area (TPSA) is 128 Å². The molecule has 1 heterocycles. The number of benzene rings is 2. The fourth-order valence-corrected chi connectivity index (χ4v) is 4.62. The predicted octanol–water partition coefficient (Wildman–Crippen LogP) is 3.83. The summed E-state index contributed by atoms with van der Waals surface area (Å²) in [6.07, 6.45) is 1.34. The van der Waals surface area contributed by atoms with E-state index in [9.17, 15) is 24.3 Å². The molecule has 9 heteroatoms. The lowest BCUT2D eigenvalue weighted by molar-refractivity contribution is -0.142. The van der Waals surface area contributed by atoms with E-state index >= 15 is 0 Å².